The molecule has 0 bridgehead atoms. The summed E-state index contributed by atoms with van der Waals surface area (Å²) in [6.45, 7) is 7.55. The highest BCUT2D eigenvalue weighted by Crippen LogP contribution is 2.45. The highest BCUT2D eigenvalue weighted by molar-refractivity contribution is 8.03. The smallest absolute Gasteiger partial charge is 0.265 e. The lowest BCUT2D eigenvalue weighted by atomic mass is 10.1. The minimum Gasteiger partial charge on any atom is -0.335 e. The second-order valence-electron chi connectivity index (χ2n) is 6.17. The molecule has 5 nitrogen and oxygen atoms in total. The van der Waals surface area contributed by atoms with Crippen molar-refractivity contribution in [2.75, 3.05) is 24.5 Å². The second kappa shape index (κ2) is 8.75. The van der Waals surface area contributed by atoms with E-state index in [1.807, 2.05) is 38.1 Å². The van der Waals surface area contributed by atoms with Crippen LogP contribution in [-0.4, -0.2) is 46.4 Å². The number of amides is 2. The maximum Gasteiger partial charge on any atom is 0.265 e. The van der Waals surface area contributed by atoms with Crippen molar-refractivity contribution in [2.24, 2.45) is 0 Å². The molecule has 0 spiro atoms. The van der Waals surface area contributed by atoms with Crippen molar-refractivity contribution in [3.05, 3.63) is 59.2 Å². The van der Waals surface area contributed by atoms with E-state index in [1.165, 1.54) is 20.4 Å². The van der Waals surface area contributed by atoms with Crippen molar-refractivity contribution in [1.29, 1.82) is 0 Å². The van der Waals surface area contributed by atoms with Crippen molar-refractivity contribution in [2.45, 2.75) is 25.7 Å². The van der Waals surface area contributed by atoms with Gasteiger partial charge in [-0.15, -0.1) is 0 Å². The zero-order valence-electron chi connectivity index (χ0n) is 16.2. The van der Waals surface area contributed by atoms with Gasteiger partial charge in [0.2, 0.25) is 0 Å². The molecule has 7 heteroatoms. The summed E-state index contributed by atoms with van der Waals surface area (Å²) in [4.78, 5) is 31.6. The minimum atomic E-state index is -0.336. The van der Waals surface area contributed by atoms with E-state index in [0.717, 1.165) is 11.6 Å². The SMILES string of the molecule is CCN1C(=O)C(=C/C=C/C=C2/Sc3ccccc3N2CC)C(=O)N(CC)C1=S. The Morgan fingerprint density at radius 2 is 1.46 bits per heavy atom. The Hall–Kier alpha value is -2.38. The Morgan fingerprint density at radius 3 is 2.07 bits per heavy atom. The third kappa shape index (κ3) is 3.64. The zero-order valence-corrected chi connectivity index (χ0v) is 17.8. The first-order valence-electron chi connectivity index (χ1n) is 9.34. The van der Waals surface area contributed by atoms with E-state index >= 15 is 0 Å². The van der Waals surface area contributed by atoms with Crippen molar-refractivity contribution >= 4 is 46.6 Å². The normalized spacial score (nSPS) is 18.7. The lowest BCUT2D eigenvalue weighted by Gasteiger charge is -2.35. The molecule has 1 aromatic rings. The molecule has 3 rings (SSSR count). The number of rotatable bonds is 5. The van der Waals surface area contributed by atoms with Gasteiger partial charge >= 0.3 is 0 Å². The molecule has 0 saturated carbocycles. The maximum atomic E-state index is 12.6. The Labute approximate surface area is 175 Å². The van der Waals surface area contributed by atoms with Gasteiger partial charge in [-0.25, -0.2) is 0 Å². The largest absolute Gasteiger partial charge is 0.335 e. The van der Waals surface area contributed by atoms with Gasteiger partial charge < -0.3 is 4.90 Å². The van der Waals surface area contributed by atoms with Crippen LogP contribution in [0.5, 0.6) is 0 Å². The average Bonchev–Trinajstić information content (AvgIpc) is 3.05. The van der Waals surface area contributed by atoms with Gasteiger partial charge in [0.15, 0.2) is 5.11 Å². The van der Waals surface area contributed by atoms with Gasteiger partial charge in [-0.1, -0.05) is 36.0 Å². The number of hydrogen-bond acceptors (Lipinski definition) is 5. The monoisotopic (exact) mass is 413 g/mol. The predicted molar refractivity (Wildman–Crippen MR) is 118 cm³/mol. The quantitative estimate of drug-likeness (QED) is 0.416. The molecule has 2 aliphatic rings. The van der Waals surface area contributed by atoms with E-state index in [-0.39, 0.29) is 22.5 Å². The molecule has 2 heterocycles. The number of carbonyl (C=O) groups is 2. The second-order valence-corrected chi connectivity index (χ2v) is 7.59. The van der Waals surface area contributed by atoms with Crippen LogP contribution in [0.3, 0.4) is 0 Å². The third-order valence-corrected chi connectivity index (χ3v) is 6.18. The van der Waals surface area contributed by atoms with Gasteiger partial charge in [-0.05, 0) is 57.3 Å². The number of thiocarbonyl (C=S) groups is 1. The van der Waals surface area contributed by atoms with Gasteiger partial charge in [0.1, 0.15) is 5.57 Å². The van der Waals surface area contributed by atoms with Crippen LogP contribution >= 0.6 is 24.0 Å². The summed E-state index contributed by atoms with van der Waals surface area (Å²) in [5, 5.41) is 1.40. The molecular weight excluding hydrogens is 390 g/mol. The molecule has 2 aliphatic heterocycles. The number of para-hydroxylation sites is 1. The van der Waals surface area contributed by atoms with Crippen molar-refractivity contribution in [3.63, 3.8) is 0 Å². The predicted octanol–water partition coefficient (Wildman–Crippen LogP) is 3.94. The number of thioether (sulfide) groups is 1. The van der Waals surface area contributed by atoms with E-state index in [9.17, 15) is 9.59 Å². The summed E-state index contributed by atoms with van der Waals surface area (Å²) in [5.41, 5.74) is 1.35. The molecule has 2 amide bonds. The van der Waals surface area contributed by atoms with Crippen LogP contribution in [0.2, 0.25) is 0 Å². The average molecular weight is 414 g/mol. The number of fused-ring (bicyclic) bond motifs is 1. The number of hydrogen-bond donors (Lipinski definition) is 0. The van der Waals surface area contributed by atoms with Gasteiger partial charge in [0.05, 0.1) is 10.7 Å². The highest BCUT2D eigenvalue weighted by atomic mass is 32.2. The maximum absolute atomic E-state index is 12.6. The minimum absolute atomic E-state index is 0.140. The fourth-order valence-electron chi connectivity index (χ4n) is 3.19. The number of nitrogens with zero attached hydrogens (tertiary/aromatic N) is 3. The Kier molecular flexibility index (Phi) is 6.36. The highest BCUT2D eigenvalue weighted by Gasteiger charge is 2.37. The Balaban J connectivity index is 1.82. The fraction of sp³-hybridized carbons (Fsp3) is 0.286. The number of benzene rings is 1. The van der Waals surface area contributed by atoms with E-state index < -0.39 is 0 Å². The number of allylic oxidation sites excluding steroid dienone is 4. The molecule has 0 aromatic heterocycles. The molecule has 0 aliphatic carbocycles. The van der Waals surface area contributed by atoms with Crippen LogP contribution in [-0.2, 0) is 9.59 Å². The van der Waals surface area contributed by atoms with Gasteiger partial charge in [-0.3, -0.25) is 19.4 Å². The van der Waals surface area contributed by atoms with Crippen molar-refractivity contribution in [3.8, 4) is 0 Å². The van der Waals surface area contributed by atoms with Crippen molar-refractivity contribution in [1.82, 2.24) is 9.80 Å². The fourth-order valence-corrected chi connectivity index (χ4v) is 4.76. The van der Waals surface area contributed by atoms with Crippen LogP contribution in [0.15, 0.2) is 64.1 Å². The molecule has 0 N–H and O–H groups in total. The molecule has 0 atom stereocenters. The molecule has 1 fully saturated rings. The van der Waals surface area contributed by atoms with E-state index in [4.69, 9.17) is 12.2 Å². The van der Waals surface area contributed by atoms with Crippen LogP contribution in [0.1, 0.15) is 20.8 Å². The van der Waals surface area contributed by atoms with E-state index in [2.05, 4.69) is 24.0 Å². The van der Waals surface area contributed by atoms with E-state index in [0.29, 0.717) is 13.1 Å². The number of likely N-dealkylation sites (N-methyl/N-ethyl adjacent to an activating group) is 2. The van der Waals surface area contributed by atoms with Crippen LogP contribution in [0, 0.1) is 0 Å². The van der Waals surface area contributed by atoms with Gasteiger partial charge in [0, 0.05) is 24.5 Å². The zero-order chi connectivity index (χ0) is 20.3. The first-order chi connectivity index (χ1) is 13.5. The van der Waals surface area contributed by atoms with Gasteiger partial charge in [0.25, 0.3) is 11.8 Å². The standard InChI is InChI=1S/C21H23N3O2S2/c1-4-22-16-12-8-9-13-17(16)28-18(22)14-10-7-11-15-19(25)23(5-2)21(27)24(6-3)20(15)26/h7-14H,4-6H2,1-3H3/b10-7+,18-14+. The number of carbonyl (C=O) groups excluding carboxylic acids is 2. The molecular formula is C21H23N3O2S2. The van der Waals surface area contributed by atoms with Crippen LogP contribution in [0.25, 0.3) is 0 Å². The molecule has 1 saturated heterocycles. The molecule has 28 heavy (non-hydrogen) atoms. The lowest BCUT2D eigenvalue weighted by molar-refractivity contribution is -0.133. The first-order valence-corrected chi connectivity index (χ1v) is 10.6. The summed E-state index contributed by atoms with van der Waals surface area (Å²) in [6, 6.07) is 8.29. The van der Waals surface area contributed by atoms with Crippen LogP contribution < -0.4 is 4.90 Å². The third-order valence-electron chi connectivity index (χ3n) is 4.61. The van der Waals surface area contributed by atoms with E-state index in [1.54, 1.807) is 23.9 Å². The first kappa shape index (κ1) is 20.4. The molecule has 1 aromatic carbocycles. The molecule has 146 valence electrons. The summed E-state index contributed by atoms with van der Waals surface area (Å²) in [7, 11) is 0. The summed E-state index contributed by atoms with van der Waals surface area (Å²) in [6.07, 6.45) is 7.19. The summed E-state index contributed by atoms with van der Waals surface area (Å²) < 4.78 is 0. The van der Waals surface area contributed by atoms with Crippen LogP contribution in [0.4, 0.5) is 5.69 Å². The van der Waals surface area contributed by atoms with Crippen molar-refractivity contribution < 1.29 is 9.59 Å². The lowest BCUT2D eigenvalue weighted by Crippen LogP contribution is -2.55. The van der Waals surface area contributed by atoms with Gasteiger partial charge in [-0.2, -0.15) is 0 Å². The Morgan fingerprint density at radius 1 is 0.893 bits per heavy atom. The number of anilines is 1. The summed E-state index contributed by atoms with van der Waals surface area (Å²) in [5.74, 6) is -0.672. The summed E-state index contributed by atoms with van der Waals surface area (Å²) >= 11 is 6.98. The molecule has 0 unspecified atom stereocenters. The topological polar surface area (TPSA) is 43.9 Å². The Bertz CT molecular complexity index is 877. The molecule has 0 radical (unpaired) electrons.